The zero-order valence-corrected chi connectivity index (χ0v) is 11.7. The summed E-state index contributed by atoms with van der Waals surface area (Å²) in [6.07, 6.45) is 3.79. The molecule has 94 valence electrons. The first-order chi connectivity index (χ1) is 8.78. The molecular weight excluding hydrogens is 240 g/mol. The lowest BCUT2D eigenvalue weighted by atomic mass is 10.1. The lowest BCUT2D eigenvalue weighted by Crippen LogP contribution is -2.04. The number of benzene rings is 1. The van der Waals surface area contributed by atoms with Crippen LogP contribution in [-0.4, -0.2) is 12.0 Å². The second-order valence-corrected chi connectivity index (χ2v) is 5.98. The predicted octanol–water partition coefficient (Wildman–Crippen LogP) is 3.33. The van der Waals surface area contributed by atoms with Crippen LogP contribution in [0.4, 0.5) is 0 Å². The Labute approximate surface area is 112 Å². The van der Waals surface area contributed by atoms with Crippen molar-refractivity contribution in [3.05, 3.63) is 39.9 Å². The Morgan fingerprint density at radius 1 is 1.28 bits per heavy atom. The van der Waals surface area contributed by atoms with E-state index in [0.717, 1.165) is 17.2 Å². The number of rotatable bonds is 3. The normalized spacial score (nSPS) is 13.9. The summed E-state index contributed by atoms with van der Waals surface area (Å²) >= 11 is 1.81. The van der Waals surface area contributed by atoms with Gasteiger partial charge < -0.3 is 5.32 Å². The Balaban J connectivity index is 1.97. The highest BCUT2D eigenvalue weighted by atomic mass is 32.1. The van der Waals surface area contributed by atoms with Crippen molar-refractivity contribution in [2.45, 2.75) is 32.7 Å². The quantitative estimate of drug-likeness (QED) is 0.913. The van der Waals surface area contributed by atoms with E-state index in [1.165, 1.54) is 40.8 Å². The first-order valence-corrected chi connectivity index (χ1v) is 7.32. The molecular formula is C15H18N2S. The van der Waals surface area contributed by atoms with Crippen LogP contribution in [0, 0.1) is 6.92 Å². The van der Waals surface area contributed by atoms with Gasteiger partial charge in [0.25, 0.3) is 0 Å². The number of aryl methyl sites for hydroxylation is 3. The summed E-state index contributed by atoms with van der Waals surface area (Å²) in [5.74, 6) is 0. The molecule has 18 heavy (non-hydrogen) atoms. The molecule has 1 aromatic heterocycles. The summed E-state index contributed by atoms with van der Waals surface area (Å²) in [7, 11) is 1.98. The molecule has 0 amide bonds. The van der Waals surface area contributed by atoms with E-state index in [4.69, 9.17) is 4.98 Å². The predicted molar refractivity (Wildman–Crippen MR) is 77.1 cm³/mol. The fourth-order valence-electron chi connectivity index (χ4n) is 2.58. The molecule has 0 atom stereocenters. The standard InChI is InChI=1S/C15H18N2S/c1-10-14(9-16-2)18-15(17-10)13-7-6-11-4-3-5-12(11)8-13/h6-8,16H,3-5,9H2,1-2H3. The minimum atomic E-state index is 0.911. The van der Waals surface area contributed by atoms with Gasteiger partial charge in [-0.2, -0.15) is 0 Å². The molecule has 2 nitrogen and oxygen atoms in total. The smallest absolute Gasteiger partial charge is 0.123 e. The van der Waals surface area contributed by atoms with Crippen molar-refractivity contribution in [2.75, 3.05) is 7.05 Å². The number of hydrogen-bond acceptors (Lipinski definition) is 3. The van der Waals surface area contributed by atoms with E-state index in [1.54, 1.807) is 0 Å². The highest BCUT2D eigenvalue weighted by molar-refractivity contribution is 7.15. The lowest BCUT2D eigenvalue weighted by molar-refractivity contribution is 0.823. The van der Waals surface area contributed by atoms with Gasteiger partial charge in [-0.05, 0) is 50.4 Å². The summed E-state index contributed by atoms with van der Waals surface area (Å²) in [6.45, 7) is 3.01. The molecule has 0 spiro atoms. The number of nitrogens with one attached hydrogen (secondary N) is 1. The molecule has 1 aromatic carbocycles. The Kier molecular flexibility index (Phi) is 3.18. The van der Waals surface area contributed by atoms with Crippen molar-refractivity contribution in [3.8, 4) is 10.6 Å². The Hall–Kier alpha value is -1.19. The van der Waals surface area contributed by atoms with E-state index >= 15 is 0 Å². The molecule has 3 heteroatoms. The number of hydrogen-bond donors (Lipinski definition) is 1. The van der Waals surface area contributed by atoms with Crippen molar-refractivity contribution in [2.24, 2.45) is 0 Å². The van der Waals surface area contributed by atoms with Gasteiger partial charge in [0.05, 0.1) is 5.69 Å². The maximum Gasteiger partial charge on any atom is 0.123 e. The van der Waals surface area contributed by atoms with Crippen molar-refractivity contribution in [3.63, 3.8) is 0 Å². The molecule has 0 radical (unpaired) electrons. The van der Waals surface area contributed by atoms with Crippen molar-refractivity contribution in [1.82, 2.24) is 10.3 Å². The van der Waals surface area contributed by atoms with E-state index in [1.807, 2.05) is 18.4 Å². The number of thiazole rings is 1. The third-order valence-electron chi connectivity index (χ3n) is 3.58. The molecule has 1 heterocycles. The Bertz CT molecular complexity index is 572. The van der Waals surface area contributed by atoms with Crippen molar-refractivity contribution < 1.29 is 0 Å². The largest absolute Gasteiger partial charge is 0.315 e. The van der Waals surface area contributed by atoms with Crippen LogP contribution < -0.4 is 5.32 Å². The Morgan fingerprint density at radius 3 is 2.94 bits per heavy atom. The molecule has 1 aliphatic carbocycles. The van der Waals surface area contributed by atoms with E-state index in [0.29, 0.717) is 0 Å². The van der Waals surface area contributed by atoms with E-state index in [-0.39, 0.29) is 0 Å². The van der Waals surface area contributed by atoms with Crippen LogP contribution in [-0.2, 0) is 19.4 Å². The van der Waals surface area contributed by atoms with Gasteiger partial charge in [0, 0.05) is 17.0 Å². The van der Waals surface area contributed by atoms with E-state index in [9.17, 15) is 0 Å². The van der Waals surface area contributed by atoms with Gasteiger partial charge in [-0.3, -0.25) is 0 Å². The maximum atomic E-state index is 4.70. The van der Waals surface area contributed by atoms with Crippen molar-refractivity contribution >= 4 is 11.3 Å². The first-order valence-electron chi connectivity index (χ1n) is 6.51. The van der Waals surface area contributed by atoms with Gasteiger partial charge >= 0.3 is 0 Å². The van der Waals surface area contributed by atoms with Gasteiger partial charge in [-0.25, -0.2) is 4.98 Å². The van der Waals surface area contributed by atoms with Crippen LogP contribution in [0.2, 0.25) is 0 Å². The third kappa shape index (κ3) is 2.08. The molecule has 1 N–H and O–H groups in total. The van der Waals surface area contributed by atoms with Crippen LogP contribution in [0.3, 0.4) is 0 Å². The van der Waals surface area contributed by atoms with Crippen molar-refractivity contribution in [1.29, 1.82) is 0 Å². The molecule has 0 saturated carbocycles. The molecule has 0 bridgehead atoms. The van der Waals surface area contributed by atoms with Crippen LogP contribution in [0.1, 0.15) is 28.1 Å². The summed E-state index contributed by atoms with van der Waals surface area (Å²) in [5, 5.41) is 4.36. The Morgan fingerprint density at radius 2 is 2.11 bits per heavy atom. The minimum absolute atomic E-state index is 0.911. The van der Waals surface area contributed by atoms with Crippen LogP contribution in [0.5, 0.6) is 0 Å². The topological polar surface area (TPSA) is 24.9 Å². The maximum absolute atomic E-state index is 4.70. The van der Waals surface area contributed by atoms with Gasteiger partial charge in [-0.1, -0.05) is 12.1 Å². The zero-order valence-electron chi connectivity index (χ0n) is 10.9. The van der Waals surface area contributed by atoms with Crippen LogP contribution in [0.25, 0.3) is 10.6 Å². The summed E-state index contributed by atoms with van der Waals surface area (Å²) in [6, 6.07) is 6.85. The molecule has 2 aromatic rings. The third-order valence-corrected chi connectivity index (χ3v) is 4.78. The first kappa shape index (κ1) is 11.9. The second-order valence-electron chi connectivity index (χ2n) is 4.89. The zero-order chi connectivity index (χ0) is 12.5. The number of fused-ring (bicyclic) bond motifs is 1. The van der Waals surface area contributed by atoms with Crippen LogP contribution in [0.15, 0.2) is 18.2 Å². The summed E-state index contributed by atoms with van der Waals surface area (Å²) in [4.78, 5) is 6.04. The van der Waals surface area contributed by atoms with E-state index < -0.39 is 0 Å². The fraction of sp³-hybridized carbons (Fsp3) is 0.400. The van der Waals surface area contributed by atoms with Gasteiger partial charge in [-0.15, -0.1) is 11.3 Å². The summed E-state index contributed by atoms with van der Waals surface area (Å²) in [5.41, 5.74) is 5.49. The fourth-order valence-corrected chi connectivity index (χ4v) is 3.65. The monoisotopic (exact) mass is 258 g/mol. The minimum Gasteiger partial charge on any atom is -0.315 e. The number of aromatic nitrogens is 1. The highest BCUT2D eigenvalue weighted by Gasteiger charge is 2.14. The average molecular weight is 258 g/mol. The lowest BCUT2D eigenvalue weighted by Gasteiger charge is -2.01. The second kappa shape index (κ2) is 4.82. The molecule has 3 rings (SSSR count). The van der Waals surface area contributed by atoms with E-state index in [2.05, 4.69) is 30.4 Å². The molecule has 0 unspecified atom stereocenters. The van der Waals surface area contributed by atoms with Gasteiger partial charge in [0.2, 0.25) is 0 Å². The average Bonchev–Trinajstić information content (AvgIpc) is 2.96. The van der Waals surface area contributed by atoms with Gasteiger partial charge in [0.15, 0.2) is 0 Å². The van der Waals surface area contributed by atoms with Crippen LogP contribution >= 0.6 is 11.3 Å². The molecule has 0 aliphatic heterocycles. The summed E-state index contributed by atoms with van der Waals surface area (Å²) < 4.78 is 0. The molecule has 0 saturated heterocycles. The SMILES string of the molecule is CNCc1sc(-c2ccc3c(c2)CCC3)nc1C. The van der Waals surface area contributed by atoms with Gasteiger partial charge in [0.1, 0.15) is 5.01 Å². The molecule has 0 fully saturated rings. The highest BCUT2D eigenvalue weighted by Crippen LogP contribution is 2.31. The number of nitrogens with zero attached hydrogens (tertiary/aromatic N) is 1. The molecule has 1 aliphatic rings.